The Hall–Kier alpha value is -2.72. The largest absolute Gasteiger partial charge is 0.393 e. The summed E-state index contributed by atoms with van der Waals surface area (Å²) in [6, 6.07) is 0. The van der Waals surface area contributed by atoms with E-state index < -0.39 is 0 Å². The maximum Gasteiger partial charge on any atom is 0.0728 e. The molecule has 0 radical (unpaired) electrons. The van der Waals surface area contributed by atoms with Gasteiger partial charge in [0.1, 0.15) is 0 Å². The Morgan fingerprint density at radius 2 is 1.37 bits per heavy atom. The quantitative estimate of drug-likeness (QED) is 0.158. The second-order valence-corrected chi connectivity index (χ2v) is 14.1. The molecule has 0 aromatic heterocycles. The molecule has 0 aromatic rings. The van der Waals surface area contributed by atoms with Crippen LogP contribution < -0.4 is 0 Å². The Kier molecular flexibility index (Phi) is 14.4. The maximum absolute atomic E-state index is 10.1. The first-order chi connectivity index (χ1) is 20.1. The molecule has 3 atom stereocenters. The third-order valence-electron chi connectivity index (χ3n) is 8.87. The fraction of sp³-hybridized carbons (Fsp3) is 0.500. The van der Waals surface area contributed by atoms with Crippen molar-refractivity contribution in [1.29, 1.82) is 0 Å². The van der Waals surface area contributed by atoms with E-state index in [2.05, 4.69) is 117 Å². The number of allylic oxidation sites excluding steroid dienone is 17. The van der Waals surface area contributed by atoms with Crippen LogP contribution in [0, 0.1) is 16.7 Å². The first kappa shape index (κ1) is 36.5. The minimum absolute atomic E-state index is 0.00258. The number of hydrogen-bond donors (Lipinski definition) is 3. The topological polar surface area (TPSA) is 60.7 Å². The van der Waals surface area contributed by atoms with E-state index in [-0.39, 0.29) is 29.6 Å². The molecular weight excluding hydrogens is 528 g/mol. The molecule has 0 spiro atoms. The lowest BCUT2D eigenvalue weighted by Gasteiger charge is -2.40. The molecule has 0 aromatic carbocycles. The summed E-state index contributed by atoms with van der Waals surface area (Å²) < 4.78 is 0. The molecule has 3 N–H and O–H groups in total. The molecule has 0 aliphatic heterocycles. The van der Waals surface area contributed by atoms with Crippen molar-refractivity contribution in [2.24, 2.45) is 16.7 Å². The molecule has 3 heteroatoms. The summed E-state index contributed by atoms with van der Waals surface area (Å²) in [5, 5.41) is 30.1. The molecule has 2 aliphatic rings. The van der Waals surface area contributed by atoms with E-state index in [1.807, 2.05) is 24.3 Å². The third-order valence-corrected chi connectivity index (χ3v) is 8.87. The van der Waals surface area contributed by atoms with E-state index in [1.54, 1.807) is 0 Å². The first-order valence-corrected chi connectivity index (χ1v) is 15.9. The van der Waals surface area contributed by atoms with Crippen LogP contribution in [0.1, 0.15) is 94.4 Å². The van der Waals surface area contributed by atoms with Gasteiger partial charge in [0.15, 0.2) is 0 Å². The van der Waals surface area contributed by atoms with Gasteiger partial charge < -0.3 is 15.3 Å². The predicted octanol–water partition coefficient (Wildman–Crippen LogP) is 9.60. The molecule has 2 aliphatic carbocycles. The van der Waals surface area contributed by atoms with Crippen molar-refractivity contribution in [2.45, 2.75) is 107 Å². The lowest BCUT2D eigenvalue weighted by Crippen LogP contribution is -2.33. The van der Waals surface area contributed by atoms with Gasteiger partial charge in [-0.05, 0) is 94.6 Å². The van der Waals surface area contributed by atoms with E-state index in [1.165, 1.54) is 27.9 Å². The van der Waals surface area contributed by atoms with E-state index in [9.17, 15) is 15.3 Å². The number of aliphatic hydroxyl groups is 3. The van der Waals surface area contributed by atoms with Gasteiger partial charge in [-0.3, -0.25) is 0 Å². The van der Waals surface area contributed by atoms with Crippen molar-refractivity contribution in [3.05, 3.63) is 118 Å². The first-order valence-electron chi connectivity index (χ1n) is 15.9. The average Bonchev–Trinajstić information content (AvgIpc) is 2.87. The average molecular weight is 587 g/mol. The van der Waals surface area contributed by atoms with Gasteiger partial charge in [0, 0.05) is 0 Å². The number of rotatable bonds is 12. The van der Waals surface area contributed by atoms with Crippen molar-refractivity contribution in [2.75, 3.05) is 6.61 Å². The van der Waals surface area contributed by atoms with Gasteiger partial charge in [-0.1, -0.05) is 135 Å². The van der Waals surface area contributed by atoms with E-state index >= 15 is 0 Å². The Bertz CT molecular complexity index is 1250. The minimum Gasteiger partial charge on any atom is -0.393 e. The summed E-state index contributed by atoms with van der Waals surface area (Å²) >= 11 is 0. The second-order valence-electron chi connectivity index (χ2n) is 14.1. The molecule has 0 saturated heterocycles. The molecule has 2 rings (SSSR count). The van der Waals surface area contributed by atoms with Crippen LogP contribution in [0.5, 0.6) is 0 Å². The van der Waals surface area contributed by atoms with Gasteiger partial charge in [-0.15, -0.1) is 0 Å². The van der Waals surface area contributed by atoms with Crippen molar-refractivity contribution in [3.8, 4) is 0 Å². The molecule has 236 valence electrons. The van der Waals surface area contributed by atoms with Crippen LogP contribution in [-0.2, 0) is 0 Å². The van der Waals surface area contributed by atoms with Crippen LogP contribution in [0.3, 0.4) is 0 Å². The standard InChI is InChI=1S/C40H58O3/c1-29(16-12-17-31(3)20-22-37-32(4)24-35(42)26-39(37,6)7)14-10-11-15-30(2)18-13-19-34(28-41)21-23-38-33(5)25-36(43)27-40(38,8)9/h10-20,22,25,35-36,38,41-43H,21,23-24,26-28H2,1-9H3/b11-10+,16-12+,18-13?,22-20+,29-14+,30-15?,31-17+,34-19?. The highest BCUT2D eigenvalue weighted by molar-refractivity contribution is 5.38. The zero-order valence-electron chi connectivity index (χ0n) is 28.3. The van der Waals surface area contributed by atoms with Crippen LogP contribution >= 0.6 is 0 Å². The zero-order chi connectivity index (χ0) is 32.2. The summed E-state index contributed by atoms with van der Waals surface area (Å²) in [5.41, 5.74) is 8.47. The summed E-state index contributed by atoms with van der Waals surface area (Å²) in [4.78, 5) is 0. The monoisotopic (exact) mass is 586 g/mol. The molecule has 0 bridgehead atoms. The summed E-state index contributed by atoms with van der Waals surface area (Å²) in [6.45, 7) is 19.5. The molecule has 43 heavy (non-hydrogen) atoms. The highest BCUT2D eigenvalue weighted by atomic mass is 16.3. The third kappa shape index (κ3) is 12.4. The van der Waals surface area contributed by atoms with Gasteiger partial charge >= 0.3 is 0 Å². The van der Waals surface area contributed by atoms with Crippen LogP contribution in [-0.4, -0.2) is 34.1 Å². The van der Waals surface area contributed by atoms with Gasteiger partial charge in [-0.25, -0.2) is 0 Å². The Labute approximate surface area is 262 Å². The van der Waals surface area contributed by atoms with Crippen LogP contribution in [0.4, 0.5) is 0 Å². The lowest BCUT2D eigenvalue weighted by molar-refractivity contribution is 0.0979. The van der Waals surface area contributed by atoms with Crippen LogP contribution in [0.2, 0.25) is 0 Å². The molecule has 0 saturated carbocycles. The van der Waals surface area contributed by atoms with Crippen LogP contribution in [0.15, 0.2) is 118 Å². The zero-order valence-corrected chi connectivity index (χ0v) is 28.3. The van der Waals surface area contributed by atoms with E-state index in [0.717, 1.165) is 43.3 Å². The number of hydrogen-bond acceptors (Lipinski definition) is 3. The van der Waals surface area contributed by atoms with Gasteiger partial charge in [0.05, 0.1) is 18.8 Å². The molecule has 0 fully saturated rings. The normalized spacial score (nSPS) is 26.0. The molecule has 0 heterocycles. The van der Waals surface area contributed by atoms with Crippen molar-refractivity contribution >= 4 is 0 Å². The lowest BCUT2D eigenvalue weighted by atomic mass is 9.66. The number of aliphatic hydroxyl groups excluding tert-OH is 3. The Balaban J connectivity index is 1.89. The summed E-state index contributed by atoms with van der Waals surface area (Å²) in [6.07, 6.45) is 30.7. The van der Waals surface area contributed by atoms with E-state index in [0.29, 0.717) is 5.92 Å². The highest BCUT2D eigenvalue weighted by Gasteiger charge is 2.35. The summed E-state index contributed by atoms with van der Waals surface area (Å²) in [5.74, 6) is 0.419. The summed E-state index contributed by atoms with van der Waals surface area (Å²) in [7, 11) is 0. The van der Waals surface area contributed by atoms with Gasteiger partial charge in [-0.2, -0.15) is 0 Å². The van der Waals surface area contributed by atoms with Crippen LogP contribution in [0.25, 0.3) is 0 Å². The fourth-order valence-electron chi connectivity index (χ4n) is 6.60. The fourth-order valence-corrected chi connectivity index (χ4v) is 6.60. The minimum atomic E-state index is -0.347. The Morgan fingerprint density at radius 1 is 0.814 bits per heavy atom. The van der Waals surface area contributed by atoms with Gasteiger partial charge in [0.25, 0.3) is 0 Å². The molecule has 3 unspecified atom stereocenters. The van der Waals surface area contributed by atoms with Crippen molar-refractivity contribution in [1.82, 2.24) is 0 Å². The predicted molar refractivity (Wildman–Crippen MR) is 186 cm³/mol. The SMILES string of the molecule is CC(C=CC=C(CO)CCC1C(C)=CC(O)CC1(C)C)=C/C=C/C=C(C)/C=C/C=C(C)/C=C/C1=C(C)CC(O)CC1(C)C. The Morgan fingerprint density at radius 3 is 1.93 bits per heavy atom. The van der Waals surface area contributed by atoms with Crippen molar-refractivity contribution in [3.63, 3.8) is 0 Å². The van der Waals surface area contributed by atoms with Crippen molar-refractivity contribution < 1.29 is 15.3 Å². The maximum atomic E-state index is 10.1. The van der Waals surface area contributed by atoms with E-state index in [4.69, 9.17) is 0 Å². The smallest absolute Gasteiger partial charge is 0.0728 e. The molecule has 3 nitrogen and oxygen atoms in total. The molecule has 0 amide bonds. The second kappa shape index (κ2) is 16.9. The highest BCUT2D eigenvalue weighted by Crippen LogP contribution is 2.44. The van der Waals surface area contributed by atoms with Gasteiger partial charge in [0.2, 0.25) is 0 Å². The molecular formula is C40H58O3.